The summed E-state index contributed by atoms with van der Waals surface area (Å²) in [6.45, 7) is 12.7. The Morgan fingerprint density at radius 2 is 1.03 bits per heavy atom. The van der Waals surface area contributed by atoms with Gasteiger partial charge in [-0.2, -0.15) is 0 Å². The number of aryl methyl sites for hydroxylation is 2. The van der Waals surface area contributed by atoms with Gasteiger partial charge in [-0.05, 0) is 38.8 Å². The van der Waals surface area contributed by atoms with E-state index in [1.807, 2.05) is 13.8 Å². The molecule has 0 bridgehead atoms. The number of hydrogen-bond donors (Lipinski definition) is 2. The minimum absolute atomic E-state index is 0.324. The lowest BCUT2D eigenvalue weighted by Gasteiger charge is -2.39. The second kappa shape index (κ2) is 10.6. The second-order valence-corrected chi connectivity index (χ2v) is 8.49. The minimum Gasteiger partial charge on any atom is -0.451 e. The van der Waals surface area contributed by atoms with Crippen LogP contribution in [-0.4, -0.2) is 39.1 Å². The molecule has 0 spiro atoms. The van der Waals surface area contributed by atoms with Crippen molar-refractivity contribution in [1.29, 1.82) is 0 Å². The standard InChI is InChI=1S/C27H30O7/c1-7-21(28)33-23(19-13-9-17(3)10-14-19)26(5,31)25(30)27(6,32)24(34-22(29)8-2)20-15-11-18(4)12-16-20/h7-16,23-24,31-32H,1-2H2,3-6H3. The normalized spacial score (nSPS) is 16.2. The average Bonchev–Trinajstić information content (AvgIpc) is 2.81. The van der Waals surface area contributed by atoms with Crippen LogP contribution < -0.4 is 0 Å². The van der Waals surface area contributed by atoms with Crippen LogP contribution in [0.1, 0.15) is 48.3 Å². The molecule has 0 amide bonds. The number of carbonyl (C=O) groups excluding carboxylic acids is 3. The van der Waals surface area contributed by atoms with E-state index in [1.165, 1.54) is 0 Å². The van der Waals surface area contributed by atoms with E-state index in [2.05, 4.69) is 13.2 Å². The highest BCUT2D eigenvalue weighted by molar-refractivity contribution is 5.96. The third-order valence-electron chi connectivity index (χ3n) is 5.50. The molecule has 0 aromatic heterocycles. The van der Waals surface area contributed by atoms with Crippen molar-refractivity contribution in [2.75, 3.05) is 0 Å². The number of rotatable bonds is 10. The molecule has 0 fully saturated rings. The van der Waals surface area contributed by atoms with Gasteiger partial charge in [-0.3, -0.25) is 4.79 Å². The molecular weight excluding hydrogens is 436 g/mol. The van der Waals surface area contributed by atoms with Crippen molar-refractivity contribution in [3.63, 3.8) is 0 Å². The highest BCUT2D eigenvalue weighted by atomic mass is 16.6. The first-order valence-corrected chi connectivity index (χ1v) is 10.6. The van der Waals surface area contributed by atoms with Gasteiger partial charge in [0, 0.05) is 12.2 Å². The zero-order valence-corrected chi connectivity index (χ0v) is 19.8. The van der Waals surface area contributed by atoms with E-state index in [0.29, 0.717) is 11.1 Å². The first kappa shape index (κ1) is 26.7. The molecule has 2 N–H and O–H groups in total. The number of esters is 2. The maximum Gasteiger partial charge on any atom is 0.330 e. The Morgan fingerprint density at radius 3 is 1.29 bits per heavy atom. The van der Waals surface area contributed by atoms with Crippen molar-refractivity contribution >= 4 is 17.7 Å². The quantitative estimate of drug-likeness (QED) is 0.406. The molecule has 0 radical (unpaired) electrons. The molecule has 180 valence electrons. The number of aliphatic hydroxyl groups is 2. The summed E-state index contributed by atoms with van der Waals surface area (Å²) in [6, 6.07) is 13.3. The third-order valence-corrected chi connectivity index (χ3v) is 5.50. The molecular formula is C27H30O7. The summed E-state index contributed by atoms with van der Waals surface area (Å²) in [5, 5.41) is 22.8. The van der Waals surface area contributed by atoms with Gasteiger partial charge >= 0.3 is 11.9 Å². The lowest BCUT2D eigenvalue weighted by molar-refractivity contribution is -0.189. The number of ether oxygens (including phenoxy) is 2. The molecule has 2 aromatic rings. The van der Waals surface area contributed by atoms with Gasteiger partial charge in [-0.15, -0.1) is 0 Å². The Bertz CT molecular complexity index is 978. The maximum atomic E-state index is 13.7. The van der Waals surface area contributed by atoms with Crippen LogP contribution in [0.4, 0.5) is 0 Å². The Morgan fingerprint density at radius 1 is 0.735 bits per heavy atom. The SMILES string of the molecule is C=CC(=O)OC(c1ccc(C)cc1)C(C)(O)C(=O)C(C)(O)C(OC(=O)C=C)c1ccc(C)cc1. The predicted octanol–water partition coefficient (Wildman–Crippen LogP) is 3.62. The average molecular weight is 467 g/mol. The van der Waals surface area contributed by atoms with Crippen LogP contribution in [0.15, 0.2) is 73.8 Å². The van der Waals surface area contributed by atoms with Crippen LogP contribution in [0.2, 0.25) is 0 Å². The molecule has 0 saturated carbocycles. The van der Waals surface area contributed by atoms with Crippen molar-refractivity contribution < 1.29 is 34.1 Å². The smallest absolute Gasteiger partial charge is 0.330 e. The Kier molecular flexibility index (Phi) is 8.31. The van der Waals surface area contributed by atoms with Crippen molar-refractivity contribution in [2.45, 2.75) is 51.1 Å². The van der Waals surface area contributed by atoms with E-state index in [0.717, 1.165) is 37.1 Å². The fourth-order valence-corrected chi connectivity index (χ4v) is 3.58. The highest BCUT2D eigenvalue weighted by Crippen LogP contribution is 2.39. The van der Waals surface area contributed by atoms with Crippen LogP contribution in [0.5, 0.6) is 0 Å². The van der Waals surface area contributed by atoms with Gasteiger partial charge in [0.15, 0.2) is 23.4 Å². The molecule has 2 aromatic carbocycles. The van der Waals surface area contributed by atoms with Gasteiger partial charge in [0.05, 0.1) is 0 Å². The van der Waals surface area contributed by atoms with Gasteiger partial charge < -0.3 is 19.7 Å². The van der Waals surface area contributed by atoms with E-state index in [4.69, 9.17) is 9.47 Å². The molecule has 0 aliphatic heterocycles. The molecule has 34 heavy (non-hydrogen) atoms. The summed E-state index contributed by atoms with van der Waals surface area (Å²) in [5.74, 6) is -2.86. The molecule has 0 aliphatic carbocycles. The lowest BCUT2D eigenvalue weighted by atomic mass is 9.77. The van der Waals surface area contributed by atoms with Crippen LogP contribution in [-0.2, 0) is 23.9 Å². The second-order valence-electron chi connectivity index (χ2n) is 8.49. The molecule has 2 rings (SSSR count). The number of carbonyl (C=O) groups is 3. The lowest BCUT2D eigenvalue weighted by Crippen LogP contribution is -2.56. The first-order chi connectivity index (χ1) is 15.8. The van der Waals surface area contributed by atoms with E-state index < -0.39 is 41.1 Å². The Labute approximate surface area is 199 Å². The highest BCUT2D eigenvalue weighted by Gasteiger charge is 2.54. The molecule has 4 unspecified atom stereocenters. The molecule has 0 aliphatic rings. The molecule has 4 atom stereocenters. The number of hydrogen-bond acceptors (Lipinski definition) is 7. The van der Waals surface area contributed by atoms with Crippen molar-refractivity contribution in [3.8, 4) is 0 Å². The maximum absolute atomic E-state index is 13.7. The summed E-state index contributed by atoms with van der Waals surface area (Å²) in [4.78, 5) is 37.8. The number of ketones is 1. The van der Waals surface area contributed by atoms with Gasteiger partial charge in [-0.25, -0.2) is 9.59 Å². The fourth-order valence-electron chi connectivity index (χ4n) is 3.58. The molecule has 7 heteroatoms. The molecule has 0 saturated heterocycles. The van der Waals surface area contributed by atoms with E-state index >= 15 is 0 Å². The zero-order valence-electron chi connectivity index (χ0n) is 19.8. The van der Waals surface area contributed by atoms with Gasteiger partial charge in [0.2, 0.25) is 5.78 Å². The van der Waals surface area contributed by atoms with Crippen LogP contribution in [0.25, 0.3) is 0 Å². The summed E-state index contributed by atoms with van der Waals surface area (Å²) < 4.78 is 10.7. The van der Waals surface area contributed by atoms with Gasteiger partial charge in [0.25, 0.3) is 0 Å². The zero-order chi connectivity index (χ0) is 25.7. The monoisotopic (exact) mass is 466 g/mol. The topological polar surface area (TPSA) is 110 Å². The van der Waals surface area contributed by atoms with Crippen LogP contribution in [0, 0.1) is 13.8 Å². The largest absolute Gasteiger partial charge is 0.451 e. The molecule has 0 heterocycles. The van der Waals surface area contributed by atoms with Crippen molar-refractivity contribution in [1.82, 2.24) is 0 Å². The van der Waals surface area contributed by atoms with Crippen molar-refractivity contribution in [3.05, 3.63) is 96.1 Å². The van der Waals surface area contributed by atoms with E-state index in [1.54, 1.807) is 48.5 Å². The predicted molar refractivity (Wildman–Crippen MR) is 127 cm³/mol. The Hall–Kier alpha value is -3.55. The summed E-state index contributed by atoms with van der Waals surface area (Å²) in [6.07, 6.45) is -1.15. The van der Waals surface area contributed by atoms with Gasteiger partial charge in [-0.1, -0.05) is 72.8 Å². The van der Waals surface area contributed by atoms with Crippen LogP contribution in [0.3, 0.4) is 0 Å². The van der Waals surface area contributed by atoms with Crippen molar-refractivity contribution in [2.24, 2.45) is 0 Å². The summed E-state index contributed by atoms with van der Waals surface area (Å²) in [7, 11) is 0. The van der Waals surface area contributed by atoms with Gasteiger partial charge in [0.1, 0.15) is 0 Å². The third kappa shape index (κ3) is 5.87. The van der Waals surface area contributed by atoms with Crippen LogP contribution >= 0.6 is 0 Å². The van der Waals surface area contributed by atoms with E-state index in [9.17, 15) is 24.6 Å². The minimum atomic E-state index is -2.42. The molecule has 7 nitrogen and oxygen atoms in total. The Balaban J connectivity index is 2.57. The van der Waals surface area contributed by atoms with E-state index in [-0.39, 0.29) is 0 Å². The summed E-state index contributed by atoms with van der Waals surface area (Å²) in [5.41, 5.74) is -2.37. The fraction of sp³-hybridized carbons (Fsp3) is 0.296. The number of Topliss-reactive ketones (excluding diaryl/α,β-unsaturated/α-hetero) is 1. The number of benzene rings is 2. The summed E-state index contributed by atoms with van der Waals surface area (Å²) >= 11 is 0. The first-order valence-electron chi connectivity index (χ1n) is 10.6.